The minimum Gasteiger partial charge on any atom is -0.494 e. The van der Waals surface area contributed by atoms with Gasteiger partial charge in [0.05, 0.1) is 18.8 Å². The monoisotopic (exact) mass is 450 g/mol. The predicted octanol–water partition coefficient (Wildman–Crippen LogP) is 7.63. The van der Waals surface area contributed by atoms with Crippen LogP contribution in [0.1, 0.15) is 75.1 Å². The minimum atomic E-state index is -0.394. The molecule has 0 aromatic heterocycles. The fourth-order valence-corrected chi connectivity index (χ4v) is 4.50. The summed E-state index contributed by atoms with van der Waals surface area (Å²) in [7, 11) is 0. The van der Waals surface area contributed by atoms with Crippen molar-refractivity contribution in [3.8, 4) is 17.2 Å². The number of benzene rings is 2. The zero-order valence-corrected chi connectivity index (χ0v) is 20.0. The first-order valence-electron chi connectivity index (χ1n) is 12.5. The Morgan fingerprint density at radius 2 is 1.39 bits per heavy atom. The van der Waals surface area contributed by atoms with Crippen LogP contribution in [0.3, 0.4) is 0 Å². The fraction of sp³-hybridized carbons (Fsp3) is 0.483. The molecule has 1 saturated carbocycles. The number of esters is 1. The van der Waals surface area contributed by atoms with Gasteiger partial charge in [-0.1, -0.05) is 51.5 Å². The highest BCUT2D eigenvalue weighted by molar-refractivity contribution is 5.91. The van der Waals surface area contributed by atoms with E-state index in [1.807, 2.05) is 18.2 Å². The minimum absolute atomic E-state index is 0.394. The van der Waals surface area contributed by atoms with E-state index in [4.69, 9.17) is 14.2 Å². The van der Waals surface area contributed by atoms with Crippen molar-refractivity contribution in [2.75, 3.05) is 13.2 Å². The van der Waals surface area contributed by atoms with Crippen LogP contribution in [0.2, 0.25) is 0 Å². The molecule has 1 fully saturated rings. The lowest BCUT2D eigenvalue weighted by atomic mass is 9.78. The van der Waals surface area contributed by atoms with Crippen molar-refractivity contribution in [2.24, 2.45) is 11.8 Å². The molecular weight excluding hydrogens is 412 g/mol. The predicted molar refractivity (Wildman–Crippen MR) is 133 cm³/mol. The van der Waals surface area contributed by atoms with E-state index in [-0.39, 0.29) is 0 Å². The lowest BCUT2D eigenvalue weighted by Crippen LogP contribution is -2.15. The van der Waals surface area contributed by atoms with Gasteiger partial charge in [0.25, 0.3) is 0 Å². The highest BCUT2D eigenvalue weighted by Gasteiger charge is 2.20. The van der Waals surface area contributed by atoms with Crippen molar-refractivity contribution in [1.82, 2.24) is 0 Å². The van der Waals surface area contributed by atoms with Crippen LogP contribution in [0.25, 0.3) is 0 Å². The maximum atomic E-state index is 12.4. The SMILES string of the molecule is C=CCCOc1ccc(C(=O)Oc2ccc(OCCCC3CCC(CCC)CC3)cc2)cc1. The fourth-order valence-electron chi connectivity index (χ4n) is 4.50. The third kappa shape index (κ3) is 8.60. The molecule has 33 heavy (non-hydrogen) atoms. The molecule has 0 atom stereocenters. The van der Waals surface area contributed by atoms with E-state index in [1.165, 1.54) is 44.9 Å². The third-order valence-corrected chi connectivity index (χ3v) is 6.40. The van der Waals surface area contributed by atoms with Crippen molar-refractivity contribution >= 4 is 5.97 Å². The summed E-state index contributed by atoms with van der Waals surface area (Å²) in [5.74, 6) is 3.48. The molecule has 1 aliphatic rings. The first-order chi connectivity index (χ1) is 16.2. The largest absolute Gasteiger partial charge is 0.494 e. The normalized spacial score (nSPS) is 17.8. The molecule has 0 aliphatic heterocycles. The quantitative estimate of drug-likeness (QED) is 0.136. The van der Waals surface area contributed by atoms with E-state index in [1.54, 1.807) is 36.4 Å². The second-order valence-corrected chi connectivity index (χ2v) is 8.98. The average molecular weight is 451 g/mol. The van der Waals surface area contributed by atoms with Gasteiger partial charge in [0.1, 0.15) is 17.2 Å². The smallest absolute Gasteiger partial charge is 0.343 e. The van der Waals surface area contributed by atoms with Crippen LogP contribution in [0.4, 0.5) is 0 Å². The lowest BCUT2D eigenvalue weighted by Gasteiger charge is -2.28. The molecule has 0 unspecified atom stereocenters. The van der Waals surface area contributed by atoms with E-state index < -0.39 is 5.97 Å². The first-order valence-corrected chi connectivity index (χ1v) is 12.5. The molecule has 0 radical (unpaired) electrons. The maximum absolute atomic E-state index is 12.4. The third-order valence-electron chi connectivity index (χ3n) is 6.40. The summed E-state index contributed by atoms with van der Waals surface area (Å²) >= 11 is 0. The number of carbonyl (C=O) groups is 1. The van der Waals surface area contributed by atoms with E-state index in [2.05, 4.69) is 13.5 Å². The lowest BCUT2D eigenvalue weighted by molar-refractivity contribution is 0.0734. The first kappa shape index (κ1) is 24.9. The molecule has 2 aromatic carbocycles. The maximum Gasteiger partial charge on any atom is 0.343 e. The number of hydrogen-bond donors (Lipinski definition) is 0. The van der Waals surface area contributed by atoms with Crippen LogP contribution in [0.5, 0.6) is 17.2 Å². The molecule has 0 heterocycles. The Hall–Kier alpha value is -2.75. The van der Waals surface area contributed by atoms with Crippen LogP contribution in [0, 0.1) is 11.8 Å². The zero-order valence-electron chi connectivity index (χ0n) is 20.0. The number of carbonyl (C=O) groups excluding carboxylic acids is 1. The van der Waals surface area contributed by atoms with Crippen LogP contribution in [-0.2, 0) is 0 Å². The van der Waals surface area contributed by atoms with Gasteiger partial charge in [-0.3, -0.25) is 0 Å². The summed E-state index contributed by atoms with van der Waals surface area (Å²) in [6.45, 7) is 7.26. The van der Waals surface area contributed by atoms with Crippen molar-refractivity contribution in [3.63, 3.8) is 0 Å². The molecule has 4 nitrogen and oxygen atoms in total. The molecule has 0 N–H and O–H groups in total. The van der Waals surface area contributed by atoms with Crippen molar-refractivity contribution in [2.45, 2.75) is 64.7 Å². The van der Waals surface area contributed by atoms with Crippen LogP contribution in [-0.4, -0.2) is 19.2 Å². The summed E-state index contributed by atoms with van der Waals surface area (Å²) in [6, 6.07) is 14.2. The Morgan fingerprint density at radius 1 is 0.848 bits per heavy atom. The number of rotatable bonds is 13. The van der Waals surface area contributed by atoms with Gasteiger partial charge in [-0.25, -0.2) is 4.79 Å². The van der Waals surface area contributed by atoms with E-state index >= 15 is 0 Å². The molecule has 3 rings (SSSR count). The Morgan fingerprint density at radius 3 is 2.00 bits per heavy atom. The van der Waals surface area contributed by atoms with Crippen molar-refractivity contribution in [1.29, 1.82) is 0 Å². The second kappa shape index (κ2) is 13.7. The molecule has 178 valence electrons. The van der Waals surface area contributed by atoms with Gasteiger partial charge in [0, 0.05) is 0 Å². The van der Waals surface area contributed by atoms with Gasteiger partial charge in [-0.05, 0) is 79.6 Å². The molecule has 0 bridgehead atoms. The van der Waals surface area contributed by atoms with E-state index in [9.17, 15) is 4.79 Å². The summed E-state index contributed by atoms with van der Waals surface area (Å²) in [5.41, 5.74) is 0.482. The van der Waals surface area contributed by atoms with Gasteiger partial charge in [-0.15, -0.1) is 6.58 Å². The van der Waals surface area contributed by atoms with E-state index in [0.717, 1.165) is 42.8 Å². The van der Waals surface area contributed by atoms with Gasteiger partial charge >= 0.3 is 5.97 Å². The zero-order chi connectivity index (χ0) is 23.3. The van der Waals surface area contributed by atoms with Crippen LogP contribution in [0.15, 0.2) is 61.2 Å². The molecule has 2 aromatic rings. The Bertz CT molecular complexity index is 833. The molecule has 0 amide bonds. The number of ether oxygens (including phenoxy) is 3. The topological polar surface area (TPSA) is 44.8 Å². The van der Waals surface area contributed by atoms with Gasteiger partial charge < -0.3 is 14.2 Å². The Kier molecular flexibility index (Phi) is 10.3. The molecule has 0 spiro atoms. The van der Waals surface area contributed by atoms with E-state index in [0.29, 0.717) is 17.9 Å². The standard InChI is InChI=1S/C29H38O4/c1-3-5-21-31-26-15-13-25(14-16-26)29(30)33-28-19-17-27(18-20-28)32-22-6-8-24-11-9-23(7-4-2)10-12-24/h3,13-20,23-24H,1,4-12,21-22H2,2H3. The highest BCUT2D eigenvalue weighted by Crippen LogP contribution is 2.33. The summed E-state index contributed by atoms with van der Waals surface area (Å²) in [5, 5.41) is 0. The molecule has 1 aliphatic carbocycles. The van der Waals surface area contributed by atoms with Crippen molar-refractivity contribution in [3.05, 3.63) is 66.7 Å². The summed E-state index contributed by atoms with van der Waals surface area (Å²) in [4.78, 5) is 12.4. The van der Waals surface area contributed by atoms with Gasteiger partial charge in [0.2, 0.25) is 0 Å². The Labute approximate surface area is 198 Å². The average Bonchev–Trinajstić information content (AvgIpc) is 2.84. The van der Waals surface area contributed by atoms with Gasteiger partial charge in [0.15, 0.2) is 0 Å². The van der Waals surface area contributed by atoms with Crippen LogP contribution >= 0.6 is 0 Å². The molecule has 0 saturated heterocycles. The van der Waals surface area contributed by atoms with Gasteiger partial charge in [-0.2, -0.15) is 0 Å². The van der Waals surface area contributed by atoms with Crippen molar-refractivity contribution < 1.29 is 19.0 Å². The summed E-state index contributed by atoms with van der Waals surface area (Å²) in [6.07, 6.45) is 13.2. The Balaban J connectivity index is 1.35. The summed E-state index contributed by atoms with van der Waals surface area (Å²) < 4.78 is 16.9. The second-order valence-electron chi connectivity index (χ2n) is 8.98. The highest BCUT2D eigenvalue weighted by atomic mass is 16.5. The number of hydrogen-bond acceptors (Lipinski definition) is 4. The molecular formula is C29H38O4. The molecule has 4 heteroatoms. The van der Waals surface area contributed by atoms with Crippen LogP contribution < -0.4 is 14.2 Å².